The molecule has 0 saturated carbocycles. The van der Waals surface area contributed by atoms with Gasteiger partial charge in [-0.25, -0.2) is 19.1 Å². The number of aliphatic hydroxyl groups excluding tert-OH is 4. The first-order chi connectivity index (χ1) is 22.1. The molecule has 4 aromatic rings. The average Bonchev–Trinajstić information content (AvgIpc) is 3.64. The van der Waals surface area contributed by atoms with Crippen LogP contribution in [0.5, 0.6) is 0 Å². The number of aliphatic hydroxyl groups is 4. The van der Waals surface area contributed by atoms with Gasteiger partial charge in [-0.05, 0) is 51.3 Å². The number of benzene rings is 1. The molecule has 0 spiro atoms. The number of amides is 2. The number of β-amino-alcohol motifs (C(OH)–C–C–N with tert-alkyl or cyclic N) is 1. The minimum Gasteiger partial charge on any atom is -0.396 e. The molecular formula is C31H44N9O6+. The number of carbonyl (C=O) groups is 2. The molecule has 5 rings (SSSR count). The number of anilines is 1. The molecule has 1 aromatic carbocycles. The second-order valence-electron chi connectivity index (χ2n) is 11.6. The van der Waals surface area contributed by atoms with Crippen LogP contribution in [0.2, 0.25) is 0 Å². The molecule has 9 N–H and O–H groups in total. The lowest BCUT2D eigenvalue weighted by Crippen LogP contribution is -2.49. The predicted molar refractivity (Wildman–Crippen MR) is 170 cm³/mol. The SMILES string of the molecule is CCn1c(CNC(=O)c2nc3cc[nH]c3nc2N)[n+](CC)c2ccc(C(=O)NC3CCN(C[C@H](O)[C@@H](O)[C@H](O)CCO)CC3)cc21. The van der Waals surface area contributed by atoms with Gasteiger partial charge >= 0.3 is 0 Å². The van der Waals surface area contributed by atoms with Crippen molar-refractivity contribution in [1.82, 2.24) is 35.1 Å². The van der Waals surface area contributed by atoms with Crippen molar-refractivity contribution in [3.63, 3.8) is 0 Å². The molecule has 1 fully saturated rings. The smallest absolute Gasteiger partial charge is 0.277 e. The van der Waals surface area contributed by atoms with E-state index in [1.807, 2.05) is 30.9 Å². The highest BCUT2D eigenvalue weighted by molar-refractivity contribution is 5.98. The standard InChI is InChI=1S/C31H43N9O6/c1-3-39-21-6-5-18(30(45)35-19-8-12-38(13-9-19)17-24(43)27(44)23(42)10-14-41)15-22(21)40(4-2)25(39)16-34-31(46)26-28(32)37-29-20(36-26)7-11-33-29/h5-7,11,15,19,23-24,27,41-44H,3-4,8-10,12-14,16-17H2,1-2H3,(H4-,32,33,34,35,36,37,45,46)/p+1/t23-,24+,27+/m1/s1. The Morgan fingerprint density at radius 2 is 1.87 bits per heavy atom. The van der Waals surface area contributed by atoms with Crippen LogP contribution in [0.1, 0.15) is 59.8 Å². The van der Waals surface area contributed by atoms with E-state index < -0.39 is 24.2 Å². The molecule has 15 heteroatoms. The largest absolute Gasteiger partial charge is 0.396 e. The number of piperidine rings is 1. The van der Waals surface area contributed by atoms with E-state index in [0.29, 0.717) is 55.7 Å². The Kier molecular flexibility index (Phi) is 10.5. The van der Waals surface area contributed by atoms with Gasteiger partial charge in [0.25, 0.3) is 17.6 Å². The monoisotopic (exact) mass is 638 g/mol. The van der Waals surface area contributed by atoms with Crippen LogP contribution < -0.4 is 20.9 Å². The maximum Gasteiger partial charge on any atom is 0.277 e. The quantitative estimate of drug-likeness (QED) is 0.0871. The molecule has 1 aliphatic rings. The molecule has 3 aromatic heterocycles. The first-order valence-electron chi connectivity index (χ1n) is 15.8. The van der Waals surface area contributed by atoms with Crippen molar-refractivity contribution in [2.75, 3.05) is 32.0 Å². The number of aryl methyl sites for hydroxylation is 2. The summed E-state index contributed by atoms with van der Waals surface area (Å²) in [6, 6.07) is 7.28. The first kappa shape index (κ1) is 33.2. The number of likely N-dealkylation sites (tertiary alicyclic amines) is 1. The number of nitrogen functional groups attached to an aromatic ring is 1. The zero-order chi connectivity index (χ0) is 33.0. The minimum absolute atomic E-state index is 0.00533. The number of aromatic amines is 1. The summed E-state index contributed by atoms with van der Waals surface area (Å²) in [5.74, 6) is 0.293. The second-order valence-corrected chi connectivity index (χ2v) is 11.6. The lowest BCUT2D eigenvalue weighted by Gasteiger charge is -2.34. The van der Waals surface area contributed by atoms with Crippen molar-refractivity contribution in [2.24, 2.45) is 0 Å². The number of hydrogen-bond acceptors (Lipinski definition) is 10. The summed E-state index contributed by atoms with van der Waals surface area (Å²) >= 11 is 0. The van der Waals surface area contributed by atoms with Crippen molar-refractivity contribution in [1.29, 1.82) is 0 Å². The number of hydrogen-bond donors (Lipinski definition) is 8. The molecule has 4 heterocycles. The predicted octanol–water partition coefficient (Wildman–Crippen LogP) is -0.589. The number of aromatic nitrogens is 5. The Bertz CT molecular complexity index is 1680. The summed E-state index contributed by atoms with van der Waals surface area (Å²) in [5.41, 5.74) is 9.48. The summed E-state index contributed by atoms with van der Waals surface area (Å²) < 4.78 is 4.19. The number of carbonyl (C=O) groups excluding carboxylic acids is 2. The van der Waals surface area contributed by atoms with E-state index in [0.717, 1.165) is 16.9 Å². The third-order valence-electron chi connectivity index (χ3n) is 8.69. The molecule has 0 unspecified atom stereocenters. The minimum atomic E-state index is -1.34. The van der Waals surface area contributed by atoms with E-state index in [-0.39, 0.29) is 49.6 Å². The normalized spacial score (nSPS) is 16.5. The fraction of sp³-hybridized carbons (Fsp3) is 0.516. The summed E-state index contributed by atoms with van der Waals surface area (Å²) in [6.07, 6.45) is -0.639. The van der Waals surface area contributed by atoms with Crippen LogP contribution in [0.4, 0.5) is 5.82 Å². The van der Waals surface area contributed by atoms with Crippen LogP contribution in [0.15, 0.2) is 30.5 Å². The molecule has 15 nitrogen and oxygen atoms in total. The van der Waals surface area contributed by atoms with E-state index in [4.69, 9.17) is 10.8 Å². The molecule has 0 radical (unpaired) electrons. The third-order valence-corrected chi connectivity index (χ3v) is 8.69. The van der Waals surface area contributed by atoms with Gasteiger partial charge in [-0.3, -0.25) is 9.59 Å². The molecule has 2 amide bonds. The van der Waals surface area contributed by atoms with Gasteiger partial charge in [0.05, 0.1) is 25.3 Å². The number of nitrogens with one attached hydrogen (secondary N) is 3. The number of nitrogens with two attached hydrogens (primary N) is 1. The zero-order valence-corrected chi connectivity index (χ0v) is 26.2. The molecule has 3 atom stereocenters. The van der Waals surface area contributed by atoms with Crippen LogP contribution in [0, 0.1) is 0 Å². The Morgan fingerprint density at radius 3 is 2.57 bits per heavy atom. The number of nitrogens with zero attached hydrogens (tertiary/aromatic N) is 5. The molecule has 0 bridgehead atoms. The fourth-order valence-corrected chi connectivity index (χ4v) is 6.18. The van der Waals surface area contributed by atoms with E-state index in [9.17, 15) is 24.9 Å². The lowest BCUT2D eigenvalue weighted by atomic mass is 10.0. The summed E-state index contributed by atoms with van der Waals surface area (Å²) in [4.78, 5) is 39.9. The summed E-state index contributed by atoms with van der Waals surface area (Å²) in [5, 5.41) is 45.3. The summed E-state index contributed by atoms with van der Waals surface area (Å²) in [7, 11) is 0. The van der Waals surface area contributed by atoms with Gasteiger partial charge < -0.3 is 46.7 Å². The van der Waals surface area contributed by atoms with Crippen molar-refractivity contribution in [3.05, 3.63) is 47.5 Å². The zero-order valence-electron chi connectivity index (χ0n) is 26.2. The van der Waals surface area contributed by atoms with E-state index >= 15 is 0 Å². The van der Waals surface area contributed by atoms with Gasteiger partial charge in [0.1, 0.15) is 18.2 Å². The van der Waals surface area contributed by atoms with Gasteiger partial charge in [-0.15, -0.1) is 0 Å². The van der Waals surface area contributed by atoms with Gasteiger partial charge in [0, 0.05) is 50.1 Å². The average molecular weight is 639 g/mol. The van der Waals surface area contributed by atoms with Crippen LogP contribution in [0.3, 0.4) is 0 Å². The fourth-order valence-electron chi connectivity index (χ4n) is 6.18. The van der Waals surface area contributed by atoms with Crippen molar-refractivity contribution < 1.29 is 34.6 Å². The Hall–Kier alpha value is -4.15. The molecule has 46 heavy (non-hydrogen) atoms. The second kappa shape index (κ2) is 14.5. The van der Waals surface area contributed by atoms with Gasteiger partial charge in [-0.2, -0.15) is 0 Å². The molecule has 0 aliphatic carbocycles. The van der Waals surface area contributed by atoms with E-state index in [1.165, 1.54) is 0 Å². The highest BCUT2D eigenvalue weighted by atomic mass is 16.4. The van der Waals surface area contributed by atoms with Gasteiger partial charge in [0.2, 0.25) is 0 Å². The first-order valence-corrected chi connectivity index (χ1v) is 15.8. The van der Waals surface area contributed by atoms with Crippen molar-refractivity contribution in [3.8, 4) is 0 Å². The van der Waals surface area contributed by atoms with Crippen LogP contribution in [-0.2, 0) is 19.6 Å². The van der Waals surface area contributed by atoms with Crippen LogP contribution >= 0.6 is 0 Å². The molecular weight excluding hydrogens is 594 g/mol. The lowest BCUT2D eigenvalue weighted by molar-refractivity contribution is -0.676. The highest BCUT2D eigenvalue weighted by Gasteiger charge is 2.30. The molecule has 1 saturated heterocycles. The number of rotatable bonds is 13. The molecule has 248 valence electrons. The number of imidazole rings is 1. The van der Waals surface area contributed by atoms with Crippen molar-refractivity contribution in [2.45, 2.75) is 77.1 Å². The van der Waals surface area contributed by atoms with Crippen molar-refractivity contribution >= 4 is 39.8 Å². The Morgan fingerprint density at radius 1 is 1.11 bits per heavy atom. The van der Waals surface area contributed by atoms with Gasteiger partial charge in [0.15, 0.2) is 28.2 Å². The van der Waals surface area contributed by atoms with Crippen LogP contribution in [-0.4, -0.2) is 107 Å². The van der Waals surface area contributed by atoms with E-state index in [2.05, 4.69) is 34.7 Å². The topological polar surface area (TPSA) is 219 Å². The van der Waals surface area contributed by atoms with Gasteiger partial charge in [-0.1, -0.05) is 0 Å². The van der Waals surface area contributed by atoms with Crippen LogP contribution in [0.25, 0.3) is 22.2 Å². The number of H-pyrrole nitrogens is 1. The summed E-state index contributed by atoms with van der Waals surface area (Å²) in [6.45, 7) is 6.68. The number of fused-ring (bicyclic) bond motifs is 2. The molecule has 1 aliphatic heterocycles. The Labute approximate surface area is 266 Å². The maximum atomic E-state index is 13.3. The Balaban J connectivity index is 1.23. The highest BCUT2D eigenvalue weighted by Crippen LogP contribution is 2.20. The maximum absolute atomic E-state index is 13.3. The van der Waals surface area contributed by atoms with E-state index in [1.54, 1.807) is 18.3 Å². The third kappa shape index (κ3) is 6.98.